The van der Waals surface area contributed by atoms with Crippen LogP contribution in [0.1, 0.15) is 17.7 Å². The minimum atomic E-state index is 0.0740. The van der Waals surface area contributed by atoms with E-state index < -0.39 is 0 Å². The number of benzene rings is 1. The normalized spacial score (nSPS) is 16.4. The lowest BCUT2D eigenvalue weighted by Crippen LogP contribution is -2.37. The van der Waals surface area contributed by atoms with Crippen LogP contribution >= 0.6 is 27.3 Å². The smallest absolute Gasteiger partial charge is 0.227 e. The second kappa shape index (κ2) is 7.42. The summed E-state index contributed by atoms with van der Waals surface area (Å²) in [5, 5.41) is 3.63. The maximum Gasteiger partial charge on any atom is 0.227 e. The molecule has 1 aromatic carbocycles. The van der Waals surface area contributed by atoms with E-state index in [-0.39, 0.29) is 11.8 Å². The molecule has 1 amide bonds. The number of amides is 1. The van der Waals surface area contributed by atoms with E-state index in [1.54, 1.807) is 0 Å². The molecule has 1 fully saturated rings. The Balaban J connectivity index is 1.50. The van der Waals surface area contributed by atoms with Crippen molar-refractivity contribution in [1.82, 2.24) is 9.88 Å². The van der Waals surface area contributed by atoms with Crippen LogP contribution in [0, 0.1) is 5.92 Å². The maximum atomic E-state index is 12.4. The van der Waals surface area contributed by atoms with Gasteiger partial charge < -0.3 is 11.1 Å². The van der Waals surface area contributed by atoms with E-state index >= 15 is 0 Å². The lowest BCUT2D eigenvalue weighted by Gasteiger charge is -2.30. The van der Waals surface area contributed by atoms with Gasteiger partial charge in [0, 0.05) is 28.0 Å². The van der Waals surface area contributed by atoms with E-state index in [4.69, 9.17) is 5.73 Å². The van der Waals surface area contributed by atoms with Crippen molar-refractivity contribution in [3.05, 3.63) is 39.8 Å². The number of nitrogens with one attached hydrogen (secondary N) is 1. The second-order valence-electron chi connectivity index (χ2n) is 5.68. The molecule has 3 N–H and O–H groups in total. The van der Waals surface area contributed by atoms with Crippen LogP contribution < -0.4 is 11.1 Å². The van der Waals surface area contributed by atoms with Crippen molar-refractivity contribution < 1.29 is 4.79 Å². The molecule has 3 rings (SSSR count). The van der Waals surface area contributed by atoms with Crippen molar-refractivity contribution >= 4 is 44.0 Å². The molecule has 0 atom stereocenters. The zero-order chi connectivity index (χ0) is 16.2. The Kier molecular flexibility index (Phi) is 5.30. The predicted octanol–water partition coefficient (Wildman–Crippen LogP) is 3.34. The number of carbonyl (C=O) groups is 1. The first-order valence-corrected chi connectivity index (χ1v) is 9.20. The van der Waals surface area contributed by atoms with Crippen LogP contribution in [0.3, 0.4) is 0 Å². The fourth-order valence-corrected chi connectivity index (χ4v) is 3.88. The number of likely N-dealkylation sites (tertiary alicyclic amines) is 1. The molecule has 1 aliphatic rings. The number of halogens is 1. The van der Waals surface area contributed by atoms with Crippen LogP contribution in [0.25, 0.3) is 0 Å². The quantitative estimate of drug-likeness (QED) is 0.833. The Labute approximate surface area is 148 Å². The van der Waals surface area contributed by atoms with Crippen LogP contribution in [0.15, 0.2) is 34.9 Å². The summed E-state index contributed by atoms with van der Waals surface area (Å²) in [4.78, 5) is 20.0. The van der Waals surface area contributed by atoms with Crippen LogP contribution in [0.5, 0.6) is 0 Å². The fourth-order valence-electron chi connectivity index (χ4n) is 2.77. The first-order chi connectivity index (χ1) is 11.1. The molecule has 2 heterocycles. The third-order valence-corrected chi connectivity index (χ3v) is 5.54. The van der Waals surface area contributed by atoms with Gasteiger partial charge in [-0.05, 0) is 54.0 Å². The standard InChI is InChI=1S/C16H19BrN4OS/c17-13-3-1-2-4-14(13)20-15(22)11-5-7-21(8-6-11)10-12-9-19-16(18)23-12/h1-4,9,11H,5-8,10H2,(H2,18,19)(H,20,22). The van der Waals surface area contributed by atoms with Crippen molar-refractivity contribution in [3.8, 4) is 0 Å². The summed E-state index contributed by atoms with van der Waals surface area (Å²) in [5.74, 6) is 0.184. The topological polar surface area (TPSA) is 71.2 Å². The highest BCUT2D eigenvalue weighted by Crippen LogP contribution is 2.25. The summed E-state index contributed by atoms with van der Waals surface area (Å²) < 4.78 is 0.911. The van der Waals surface area contributed by atoms with Gasteiger partial charge in [-0.3, -0.25) is 9.69 Å². The average molecular weight is 395 g/mol. The van der Waals surface area contributed by atoms with Gasteiger partial charge in [-0.25, -0.2) is 4.98 Å². The summed E-state index contributed by atoms with van der Waals surface area (Å²) >= 11 is 4.99. The number of hydrogen-bond donors (Lipinski definition) is 2. The van der Waals surface area contributed by atoms with Gasteiger partial charge in [0.05, 0.1) is 5.69 Å². The monoisotopic (exact) mass is 394 g/mol. The molecular weight excluding hydrogens is 376 g/mol. The van der Waals surface area contributed by atoms with Gasteiger partial charge in [-0.15, -0.1) is 11.3 Å². The SMILES string of the molecule is Nc1ncc(CN2CCC(C(=O)Nc3ccccc3Br)CC2)s1. The van der Waals surface area contributed by atoms with E-state index in [1.807, 2.05) is 30.5 Å². The summed E-state index contributed by atoms with van der Waals surface area (Å²) in [5.41, 5.74) is 6.50. The van der Waals surface area contributed by atoms with Gasteiger partial charge >= 0.3 is 0 Å². The van der Waals surface area contributed by atoms with Crippen molar-refractivity contribution in [2.75, 3.05) is 24.1 Å². The molecule has 0 unspecified atom stereocenters. The van der Waals surface area contributed by atoms with E-state index in [9.17, 15) is 4.79 Å². The molecule has 5 nitrogen and oxygen atoms in total. The van der Waals surface area contributed by atoms with Crippen molar-refractivity contribution in [2.24, 2.45) is 5.92 Å². The third kappa shape index (κ3) is 4.31. The first kappa shape index (κ1) is 16.4. The molecule has 2 aromatic rings. The van der Waals surface area contributed by atoms with Gasteiger partial charge in [0.25, 0.3) is 0 Å². The number of para-hydroxylation sites is 1. The maximum absolute atomic E-state index is 12.4. The Morgan fingerprint density at radius 3 is 2.78 bits per heavy atom. The van der Waals surface area contributed by atoms with Crippen molar-refractivity contribution in [1.29, 1.82) is 0 Å². The molecule has 0 saturated carbocycles. The third-order valence-electron chi connectivity index (χ3n) is 4.04. The van der Waals surface area contributed by atoms with Gasteiger partial charge in [0.2, 0.25) is 5.91 Å². The highest BCUT2D eigenvalue weighted by Gasteiger charge is 2.25. The van der Waals surface area contributed by atoms with Crippen molar-refractivity contribution in [3.63, 3.8) is 0 Å². The summed E-state index contributed by atoms with van der Waals surface area (Å²) in [6.07, 6.45) is 3.60. The highest BCUT2D eigenvalue weighted by molar-refractivity contribution is 9.10. The molecule has 0 bridgehead atoms. The van der Waals surface area contributed by atoms with Gasteiger partial charge in [-0.1, -0.05) is 12.1 Å². The van der Waals surface area contributed by atoms with Crippen LogP contribution in [-0.4, -0.2) is 28.9 Å². The highest BCUT2D eigenvalue weighted by atomic mass is 79.9. The van der Waals surface area contributed by atoms with Gasteiger partial charge in [-0.2, -0.15) is 0 Å². The number of thiazole rings is 1. The number of hydrogen-bond acceptors (Lipinski definition) is 5. The summed E-state index contributed by atoms with van der Waals surface area (Å²) in [7, 11) is 0. The van der Waals surface area contributed by atoms with E-state index in [1.165, 1.54) is 16.2 Å². The molecule has 0 radical (unpaired) electrons. The van der Waals surface area contributed by atoms with Gasteiger partial charge in [0.1, 0.15) is 0 Å². The molecule has 0 spiro atoms. The number of aromatic nitrogens is 1. The average Bonchev–Trinajstić information content (AvgIpc) is 2.95. The Morgan fingerprint density at radius 1 is 1.39 bits per heavy atom. The Bertz CT molecular complexity index is 682. The number of nitrogens with two attached hydrogens (primary N) is 1. The number of nitrogens with zero attached hydrogens (tertiary/aromatic N) is 2. The number of rotatable bonds is 4. The molecule has 122 valence electrons. The van der Waals surface area contributed by atoms with Crippen LogP contribution in [-0.2, 0) is 11.3 Å². The molecule has 23 heavy (non-hydrogen) atoms. The zero-order valence-corrected chi connectivity index (χ0v) is 15.1. The lowest BCUT2D eigenvalue weighted by molar-refractivity contribution is -0.121. The first-order valence-electron chi connectivity index (χ1n) is 7.60. The molecule has 1 aromatic heterocycles. The fraction of sp³-hybridized carbons (Fsp3) is 0.375. The molecule has 1 saturated heterocycles. The number of anilines is 2. The largest absolute Gasteiger partial charge is 0.375 e. The second-order valence-corrected chi connectivity index (χ2v) is 7.69. The number of nitrogen functional groups attached to an aromatic ring is 1. The Morgan fingerprint density at radius 2 is 2.13 bits per heavy atom. The van der Waals surface area contributed by atoms with Gasteiger partial charge in [0.15, 0.2) is 5.13 Å². The molecule has 7 heteroatoms. The number of piperidine rings is 1. The van der Waals surface area contributed by atoms with Crippen LogP contribution in [0.4, 0.5) is 10.8 Å². The van der Waals surface area contributed by atoms with E-state index in [0.29, 0.717) is 5.13 Å². The predicted molar refractivity (Wildman–Crippen MR) is 97.3 cm³/mol. The zero-order valence-electron chi connectivity index (χ0n) is 12.7. The number of carbonyl (C=O) groups excluding carboxylic acids is 1. The molecule has 0 aliphatic carbocycles. The van der Waals surface area contributed by atoms with Crippen molar-refractivity contribution in [2.45, 2.75) is 19.4 Å². The van der Waals surface area contributed by atoms with E-state index in [0.717, 1.165) is 42.6 Å². The lowest BCUT2D eigenvalue weighted by atomic mass is 9.96. The summed E-state index contributed by atoms with van der Waals surface area (Å²) in [6.45, 7) is 2.71. The molecular formula is C16H19BrN4OS. The summed E-state index contributed by atoms with van der Waals surface area (Å²) in [6, 6.07) is 7.69. The Hall–Kier alpha value is -1.44. The minimum absolute atomic E-state index is 0.0740. The van der Waals surface area contributed by atoms with Crippen LogP contribution in [0.2, 0.25) is 0 Å². The minimum Gasteiger partial charge on any atom is -0.375 e. The molecule has 1 aliphatic heterocycles. The van der Waals surface area contributed by atoms with E-state index in [2.05, 4.69) is 31.1 Å².